The van der Waals surface area contributed by atoms with E-state index < -0.39 is 30.5 Å². The van der Waals surface area contributed by atoms with Gasteiger partial charge < -0.3 is 9.84 Å². The van der Waals surface area contributed by atoms with Crippen LogP contribution >= 0.6 is 0 Å². The molecule has 1 N–H and O–H groups in total. The fraction of sp³-hybridized carbons (Fsp3) is 0.889. The van der Waals surface area contributed by atoms with Gasteiger partial charge in [0, 0.05) is 19.6 Å². The number of carboxylic acid groups (broad SMARTS) is 1. The second kappa shape index (κ2) is 4.40. The number of aliphatic carboxylic acids is 1. The van der Waals surface area contributed by atoms with Gasteiger partial charge in [-0.05, 0) is 6.92 Å². The van der Waals surface area contributed by atoms with Gasteiger partial charge >= 0.3 is 5.97 Å². The number of alkyl halides is 2. The Hall–Kier alpha value is -0.750. The Morgan fingerprint density at radius 2 is 2.33 bits per heavy atom. The highest BCUT2D eigenvalue weighted by Gasteiger charge is 2.47. The summed E-state index contributed by atoms with van der Waals surface area (Å²) in [5.41, 5.74) is 0. The van der Waals surface area contributed by atoms with Crippen LogP contribution in [0, 0.1) is 0 Å². The van der Waals surface area contributed by atoms with Gasteiger partial charge in [0.15, 0.2) is 0 Å². The minimum atomic E-state index is -2.81. The van der Waals surface area contributed by atoms with E-state index in [0.717, 1.165) is 0 Å². The van der Waals surface area contributed by atoms with Gasteiger partial charge in [-0.2, -0.15) is 0 Å². The maximum absolute atomic E-state index is 13.1. The molecule has 88 valence electrons. The van der Waals surface area contributed by atoms with E-state index in [1.165, 1.54) is 18.9 Å². The van der Waals surface area contributed by atoms with Crippen molar-refractivity contribution < 1.29 is 23.4 Å². The van der Waals surface area contributed by atoms with Crippen molar-refractivity contribution in [2.45, 2.75) is 31.4 Å². The molecule has 0 spiro atoms. The molecule has 1 rings (SSSR count). The molecule has 1 aliphatic rings. The van der Waals surface area contributed by atoms with E-state index >= 15 is 0 Å². The number of nitrogens with zero attached hydrogens (tertiary/aromatic N) is 1. The molecule has 0 aromatic rings. The first-order valence-corrected chi connectivity index (χ1v) is 4.72. The number of carboxylic acids is 1. The minimum absolute atomic E-state index is 0.132. The monoisotopic (exact) mass is 223 g/mol. The standard InChI is InChI=1S/C9H15F2NO3/c1-6(8(13)14)12-5-9(10,11)3-7(12)4-15-2/h6-7H,3-5H2,1-2H3,(H,13,14)/t6-,7-/m1/s1. The molecular weight excluding hydrogens is 208 g/mol. The topological polar surface area (TPSA) is 49.8 Å². The van der Waals surface area contributed by atoms with Gasteiger partial charge in [0.2, 0.25) is 0 Å². The lowest BCUT2D eigenvalue weighted by Crippen LogP contribution is -2.44. The number of carbonyl (C=O) groups is 1. The molecule has 0 bridgehead atoms. The number of hydrogen-bond donors (Lipinski definition) is 1. The lowest BCUT2D eigenvalue weighted by molar-refractivity contribution is -0.143. The number of ether oxygens (including phenoxy) is 1. The van der Waals surface area contributed by atoms with Gasteiger partial charge in [0.1, 0.15) is 6.04 Å². The molecule has 0 aromatic carbocycles. The third kappa shape index (κ3) is 2.85. The lowest BCUT2D eigenvalue weighted by Gasteiger charge is -2.26. The highest BCUT2D eigenvalue weighted by atomic mass is 19.3. The van der Waals surface area contributed by atoms with Crippen molar-refractivity contribution in [3.05, 3.63) is 0 Å². The fourth-order valence-electron chi connectivity index (χ4n) is 1.86. The van der Waals surface area contributed by atoms with Crippen LogP contribution in [0.1, 0.15) is 13.3 Å². The molecule has 0 saturated carbocycles. The van der Waals surface area contributed by atoms with E-state index in [4.69, 9.17) is 9.84 Å². The molecule has 0 aliphatic carbocycles. The van der Waals surface area contributed by atoms with Crippen LogP contribution in [0.4, 0.5) is 8.78 Å². The minimum Gasteiger partial charge on any atom is -0.480 e. The van der Waals surface area contributed by atoms with Crippen molar-refractivity contribution in [2.75, 3.05) is 20.3 Å². The predicted octanol–water partition coefficient (Wildman–Crippen LogP) is 0.816. The molecule has 1 heterocycles. The number of rotatable bonds is 4. The van der Waals surface area contributed by atoms with Gasteiger partial charge in [0.05, 0.1) is 13.2 Å². The summed E-state index contributed by atoms with van der Waals surface area (Å²) in [6, 6.07) is -1.42. The van der Waals surface area contributed by atoms with Crippen molar-refractivity contribution in [3.8, 4) is 0 Å². The molecule has 4 nitrogen and oxygen atoms in total. The predicted molar refractivity (Wildman–Crippen MR) is 49.0 cm³/mol. The van der Waals surface area contributed by atoms with Gasteiger partial charge in [-0.3, -0.25) is 9.69 Å². The molecular formula is C9H15F2NO3. The quantitative estimate of drug-likeness (QED) is 0.766. The van der Waals surface area contributed by atoms with Crippen molar-refractivity contribution in [2.24, 2.45) is 0 Å². The Bertz CT molecular complexity index is 248. The first-order valence-electron chi connectivity index (χ1n) is 4.72. The first kappa shape index (κ1) is 12.3. The van der Waals surface area contributed by atoms with E-state index in [1.807, 2.05) is 0 Å². The average molecular weight is 223 g/mol. The van der Waals surface area contributed by atoms with Gasteiger partial charge in [-0.15, -0.1) is 0 Å². The van der Waals surface area contributed by atoms with Crippen LogP contribution in [-0.4, -0.2) is 54.2 Å². The van der Waals surface area contributed by atoms with Crippen LogP contribution in [0.5, 0.6) is 0 Å². The van der Waals surface area contributed by atoms with E-state index in [9.17, 15) is 13.6 Å². The van der Waals surface area contributed by atoms with Crippen molar-refractivity contribution >= 4 is 5.97 Å². The van der Waals surface area contributed by atoms with E-state index in [-0.39, 0.29) is 13.0 Å². The maximum atomic E-state index is 13.1. The Morgan fingerprint density at radius 1 is 1.73 bits per heavy atom. The second-order valence-corrected chi connectivity index (χ2v) is 3.86. The molecule has 0 unspecified atom stereocenters. The highest BCUT2D eigenvalue weighted by Crippen LogP contribution is 2.33. The molecule has 1 aliphatic heterocycles. The lowest BCUT2D eigenvalue weighted by atomic mass is 10.2. The summed E-state index contributed by atoms with van der Waals surface area (Å²) >= 11 is 0. The third-order valence-corrected chi connectivity index (χ3v) is 2.63. The maximum Gasteiger partial charge on any atom is 0.320 e. The van der Waals surface area contributed by atoms with Crippen molar-refractivity contribution in [1.82, 2.24) is 4.90 Å². The molecule has 1 fully saturated rings. The fourth-order valence-corrected chi connectivity index (χ4v) is 1.86. The zero-order valence-electron chi connectivity index (χ0n) is 8.74. The summed E-state index contributed by atoms with van der Waals surface area (Å²) < 4.78 is 31.0. The second-order valence-electron chi connectivity index (χ2n) is 3.86. The Morgan fingerprint density at radius 3 is 2.80 bits per heavy atom. The van der Waals surface area contributed by atoms with Crippen LogP contribution in [0.2, 0.25) is 0 Å². The third-order valence-electron chi connectivity index (χ3n) is 2.63. The van der Waals surface area contributed by atoms with Crippen molar-refractivity contribution in [3.63, 3.8) is 0 Å². The zero-order valence-corrected chi connectivity index (χ0v) is 8.74. The van der Waals surface area contributed by atoms with Crippen LogP contribution in [0.15, 0.2) is 0 Å². The summed E-state index contributed by atoms with van der Waals surface area (Å²) in [6.07, 6.45) is -0.335. The van der Waals surface area contributed by atoms with Crippen LogP contribution in [-0.2, 0) is 9.53 Å². The van der Waals surface area contributed by atoms with Gasteiger partial charge in [0.25, 0.3) is 5.92 Å². The number of hydrogen-bond acceptors (Lipinski definition) is 3. The largest absolute Gasteiger partial charge is 0.480 e. The Kier molecular flexibility index (Phi) is 3.62. The van der Waals surface area contributed by atoms with E-state index in [0.29, 0.717) is 0 Å². The Balaban J connectivity index is 2.72. The molecule has 6 heteroatoms. The van der Waals surface area contributed by atoms with E-state index in [1.54, 1.807) is 0 Å². The van der Waals surface area contributed by atoms with Gasteiger partial charge in [-0.1, -0.05) is 0 Å². The Labute approximate surface area is 86.8 Å². The highest BCUT2D eigenvalue weighted by molar-refractivity contribution is 5.73. The molecule has 0 amide bonds. The smallest absolute Gasteiger partial charge is 0.320 e. The zero-order chi connectivity index (χ0) is 11.6. The summed E-state index contributed by atoms with van der Waals surface area (Å²) in [5.74, 6) is -3.90. The van der Waals surface area contributed by atoms with Crippen LogP contribution in [0.3, 0.4) is 0 Å². The van der Waals surface area contributed by atoms with E-state index in [2.05, 4.69) is 0 Å². The van der Waals surface area contributed by atoms with Crippen LogP contribution < -0.4 is 0 Å². The average Bonchev–Trinajstić information content (AvgIpc) is 2.40. The number of halogens is 2. The molecule has 2 atom stereocenters. The number of likely N-dealkylation sites (tertiary alicyclic amines) is 1. The molecule has 0 aromatic heterocycles. The molecule has 15 heavy (non-hydrogen) atoms. The van der Waals surface area contributed by atoms with Gasteiger partial charge in [-0.25, -0.2) is 8.78 Å². The SMILES string of the molecule is COC[C@H]1CC(F)(F)CN1[C@H](C)C(=O)O. The van der Waals surface area contributed by atoms with Crippen LogP contribution in [0.25, 0.3) is 0 Å². The first-order chi connectivity index (χ1) is 6.87. The molecule has 0 radical (unpaired) electrons. The normalized spacial score (nSPS) is 27.9. The molecule has 1 saturated heterocycles. The summed E-state index contributed by atoms with van der Waals surface area (Å²) in [6.45, 7) is 1.04. The number of methoxy groups -OCH3 is 1. The summed E-state index contributed by atoms with van der Waals surface area (Å²) in [4.78, 5) is 12.0. The van der Waals surface area contributed by atoms with Crippen molar-refractivity contribution in [1.29, 1.82) is 0 Å². The summed E-state index contributed by atoms with van der Waals surface area (Å²) in [5, 5.41) is 8.77. The summed E-state index contributed by atoms with van der Waals surface area (Å²) in [7, 11) is 1.42.